The maximum atomic E-state index is 13.8. The molecule has 0 aromatic carbocycles. The number of alkyl halides is 3. The van der Waals surface area contributed by atoms with Crippen molar-refractivity contribution in [3.8, 4) is 11.7 Å². The lowest BCUT2D eigenvalue weighted by Gasteiger charge is -2.24. The molecule has 0 spiro atoms. The zero-order valence-electron chi connectivity index (χ0n) is 16.3. The Labute approximate surface area is 174 Å². The van der Waals surface area contributed by atoms with Gasteiger partial charge in [0.05, 0.1) is 24.9 Å². The van der Waals surface area contributed by atoms with E-state index in [1.54, 1.807) is 0 Å². The van der Waals surface area contributed by atoms with Crippen LogP contribution in [-0.2, 0) is 6.18 Å². The third kappa shape index (κ3) is 4.60. The number of halogens is 3. The number of methoxy groups -OCH3 is 1. The van der Waals surface area contributed by atoms with Gasteiger partial charge in [0.25, 0.3) is 5.91 Å². The number of hydrogen-bond acceptors (Lipinski definition) is 7. The molecule has 3 rings (SSSR count). The number of nitrogens with one attached hydrogen (secondary N) is 1. The van der Waals surface area contributed by atoms with Crippen molar-refractivity contribution in [1.82, 2.24) is 30.2 Å². The van der Waals surface area contributed by atoms with Crippen molar-refractivity contribution < 1.29 is 22.7 Å². The molecule has 0 fully saturated rings. The fourth-order valence-corrected chi connectivity index (χ4v) is 3.55. The molecule has 1 atom stereocenters. The van der Waals surface area contributed by atoms with E-state index in [9.17, 15) is 18.0 Å². The fraction of sp³-hybridized carbons (Fsp3) is 0.333. The second kappa shape index (κ2) is 8.79. The molecule has 8 nitrogen and oxygen atoms in total. The summed E-state index contributed by atoms with van der Waals surface area (Å²) in [5.74, 6) is -0.927. The molecule has 1 N–H and O–H groups in total. The number of carbonyl (C=O) groups excluding carboxylic acids is 1. The van der Waals surface area contributed by atoms with Gasteiger partial charge in [-0.05, 0) is 42.6 Å². The summed E-state index contributed by atoms with van der Waals surface area (Å²) in [7, 11) is 5.02. The Balaban J connectivity index is 1.87. The van der Waals surface area contributed by atoms with Crippen LogP contribution in [-0.4, -0.2) is 58.5 Å². The minimum absolute atomic E-state index is 0.132. The summed E-state index contributed by atoms with van der Waals surface area (Å²) in [5, 5.41) is 17.5. The molecule has 0 unspecified atom stereocenters. The quantitative estimate of drug-likeness (QED) is 0.608. The third-order valence-electron chi connectivity index (χ3n) is 4.34. The standard InChI is InChI=1S/C18H19F3N6O2S/c1-26(2)13(11-6-7-30-10-11)9-22-17(28)12-8-23-27(16(12)18(19,20)21)14-4-5-15(29-3)25-24-14/h4-8,10,13H,9H2,1-3H3,(H,22,28)/t13-/m1/s1. The topological polar surface area (TPSA) is 85.2 Å². The summed E-state index contributed by atoms with van der Waals surface area (Å²) in [4.78, 5) is 14.5. The monoisotopic (exact) mass is 440 g/mol. The molecule has 3 aromatic rings. The van der Waals surface area contributed by atoms with Crippen LogP contribution in [0.2, 0.25) is 0 Å². The molecule has 0 radical (unpaired) electrons. The van der Waals surface area contributed by atoms with Crippen LogP contribution >= 0.6 is 11.3 Å². The molecule has 30 heavy (non-hydrogen) atoms. The first-order chi connectivity index (χ1) is 14.2. The number of thiophene rings is 1. The molecule has 1 amide bonds. The minimum Gasteiger partial charge on any atom is -0.480 e. The summed E-state index contributed by atoms with van der Waals surface area (Å²) in [6.07, 6.45) is -3.96. The van der Waals surface area contributed by atoms with Crippen molar-refractivity contribution in [2.24, 2.45) is 0 Å². The number of amides is 1. The van der Waals surface area contributed by atoms with Crippen LogP contribution in [0.4, 0.5) is 13.2 Å². The Morgan fingerprint density at radius 3 is 2.60 bits per heavy atom. The predicted octanol–water partition coefficient (Wildman–Crippen LogP) is 2.78. The van der Waals surface area contributed by atoms with Gasteiger partial charge in [-0.15, -0.1) is 10.2 Å². The van der Waals surface area contributed by atoms with E-state index in [1.165, 1.54) is 30.6 Å². The first-order valence-corrected chi connectivity index (χ1v) is 9.66. The third-order valence-corrected chi connectivity index (χ3v) is 5.04. The maximum Gasteiger partial charge on any atom is 0.434 e. The van der Waals surface area contributed by atoms with E-state index < -0.39 is 23.3 Å². The van der Waals surface area contributed by atoms with Crippen molar-refractivity contribution in [1.29, 1.82) is 0 Å². The number of nitrogens with zero attached hydrogens (tertiary/aromatic N) is 5. The fourth-order valence-electron chi connectivity index (χ4n) is 2.84. The zero-order valence-corrected chi connectivity index (χ0v) is 17.2. The van der Waals surface area contributed by atoms with Gasteiger partial charge in [-0.1, -0.05) is 0 Å². The van der Waals surface area contributed by atoms with E-state index in [0.29, 0.717) is 4.68 Å². The van der Waals surface area contributed by atoms with Crippen LogP contribution in [0, 0.1) is 0 Å². The minimum atomic E-state index is -4.83. The van der Waals surface area contributed by atoms with E-state index >= 15 is 0 Å². The van der Waals surface area contributed by atoms with Crippen LogP contribution in [0.15, 0.2) is 35.2 Å². The van der Waals surface area contributed by atoms with Crippen molar-refractivity contribution in [2.75, 3.05) is 27.7 Å². The van der Waals surface area contributed by atoms with E-state index in [1.807, 2.05) is 35.8 Å². The molecule has 160 valence electrons. The van der Waals surface area contributed by atoms with E-state index in [-0.39, 0.29) is 24.3 Å². The highest BCUT2D eigenvalue weighted by Gasteiger charge is 2.41. The molecular formula is C18H19F3N6O2S. The second-order valence-corrected chi connectivity index (χ2v) is 7.28. The lowest BCUT2D eigenvalue weighted by molar-refractivity contribution is -0.143. The van der Waals surface area contributed by atoms with Gasteiger partial charge in [0.1, 0.15) is 0 Å². The Morgan fingerprint density at radius 2 is 2.07 bits per heavy atom. The van der Waals surface area contributed by atoms with Crippen LogP contribution in [0.25, 0.3) is 5.82 Å². The van der Waals surface area contributed by atoms with Crippen LogP contribution < -0.4 is 10.1 Å². The van der Waals surface area contributed by atoms with Gasteiger partial charge in [0.2, 0.25) is 5.88 Å². The largest absolute Gasteiger partial charge is 0.480 e. The van der Waals surface area contributed by atoms with Crippen LogP contribution in [0.5, 0.6) is 5.88 Å². The Hall–Kier alpha value is -2.99. The Morgan fingerprint density at radius 1 is 1.30 bits per heavy atom. The van der Waals surface area contributed by atoms with Gasteiger partial charge >= 0.3 is 6.18 Å². The average molecular weight is 440 g/mol. The molecule has 0 aliphatic rings. The summed E-state index contributed by atoms with van der Waals surface area (Å²) in [6, 6.07) is 4.35. The van der Waals surface area contributed by atoms with E-state index in [0.717, 1.165) is 11.8 Å². The Bertz CT molecular complexity index is 987. The highest BCUT2D eigenvalue weighted by atomic mass is 32.1. The van der Waals surface area contributed by atoms with Crippen LogP contribution in [0.3, 0.4) is 0 Å². The predicted molar refractivity (Wildman–Crippen MR) is 104 cm³/mol. The van der Waals surface area contributed by atoms with Crippen LogP contribution in [0.1, 0.15) is 27.7 Å². The lowest BCUT2D eigenvalue weighted by atomic mass is 10.1. The number of aromatic nitrogens is 4. The van der Waals surface area contributed by atoms with E-state index in [2.05, 4.69) is 20.6 Å². The Kier molecular flexibility index (Phi) is 6.37. The van der Waals surface area contributed by atoms with Crippen molar-refractivity contribution in [3.63, 3.8) is 0 Å². The number of rotatable bonds is 7. The van der Waals surface area contributed by atoms with Gasteiger partial charge in [0, 0.05) is 12.6 Å². The normalized spacial score (nSPS) is 12.8. The van der Waals surface area contributed by atoms with Gasteiger partial charge < -0.3 is 15.0 Å². The number of carbonyl (C=O) groups is 1. The highest BCUT2D eigenvalue weighted by Crippen LogP contribution is 2.33. The number of likely N-dealkylation sites (N-methyl/N-ethyl adjacent to an activating group) is 1. The molecule has 0 aliphatic heterocycles. The first-order valence-electron chi connectivity index (χ1n) is 8.72. The summed E-state index contributed by atoms with van der Waals surface area (Å²) >= 11 is 1.50. The van der Waals surface area contributed by atoms with Crippen molar-refractivity contribution >= 4 is 17.2 Å². The average Bonchev–Trinajstić information content (AvgIpc) is 3.37. The molecular weight excluding hydrogens is 421 g/mol. The highest BCUT2D eigenvalue weighted by molar-refractivity contribution is 7.07. The first kappa shape index (κ1) is 21.7. The van der Waals surface area contributed by atoms with Crippen molar-refractivity contribution in [2.45, 2.75) is 12.2 Å². The smallest absolute Gasteiger partial charge is 0.434 e. The number of hydrogen-bond donors (Lipinski definition) is 1. The van der Waals surface area contributed by atoms with Gasteiger partial charge in [-0.3, -0.25) is 4.79 Å². The zero-order chi connectivity index (χ0) is 21.9. The molecule has 0 bridgehead atoms. The van der Waals surface area contributed by atoms with Crippen molar-refractivity contribution in [3.05, 3.63) is 52.0 Å². The van der Waals surface area contributed by atoms with Gasteiger partial charge in [-0.25, -0.2) is 4.68 Å². The molecule has 3 aromatic heterocycles. The SMILES string of the molecule is COc1ccc(-n2ncc(C(=O)NC[C@H](c3ccsc3)N(C)C)c2C(F)(F)F)nn1. The molecule has 0 aliphatic carbocycles. The van der Waals surface area contributed by atoms with Gasteiger partial charge in [-0.2, -0.15) is 29.6 Å². The summed E-state index contributed by atoms with van der Waals surface area (Å²) < 4.78 is 46.7. The molecule has 0 saturated carbocycles. The number of ether oxygens (including phenoxy) is 1. The van der Waals surface area contributed by atoms with Gasteiger partial charge in [0.15, 0.2) is 11.5 Å². The second-order valence-electron chi connectivity index (χ2n) is 6.50. The molecule has 0 saturated heterocycles. The maximum absolute atomic E-state index is 13.8. The lowest BCUT2D eigenvalue weighted by Crippen LogP contribution is -2.35. The molecule has 12 heteroatoms. The summed E-state index contributed by atoms with van der Waals surface area (Å²) in [5.41, 5.74) is -0.857. The van der Waals surface area contributed by atoms with E-state index in [4.69, 9.17) is 4.74 Å². The molecule has 3 heterocycles. The summed E-state index contributed by atoms with van der Waals surface area (Å²) in [6.45, 7) is 0.132.